The van der Waals surface area contributed by atoms with E-state index in [1.807, 2.05) is 42.5 Å². The SMILES string of the molecule is COc1cccc(-c2cc(-c3ccccc3Br)nc(N)c2C#N)c1OC. The first-order chi connectivity index (χ1) is 12.6. The van der Waals surface area contributed by atoms with Gasteiger partial charge in [0.1, 0.15) is 17.5 Å². The Balaban J connectivity index is 2.32. The Hall–Kier alpha value is -3.04. The number of methoxy groups -OCH3 is 2. The van der Waals surface area contributed by atoms with E-state index in [-0.39, 0.29) is 5.82 Å². The molecule has 3 rings (SSSR count). The van der Waals surface area contributed by atoms with Gasteiger partial charge in [-0.3, -0.25) is 0 Å². The van der Waals surface area contributed by atoms with Crippen LogP contribution in [-0.4, -0.2) is 19.2 Å². The highest BCUT2D eigenvalue weighted by molar-refractivity contribution is 9.10. The van der Waals surface area contributed by atoms with Crippen molar-refractivity contribution in [3.63, 3.8) is 0 Å². The van der Waals surface area contributed by atoms with Crippen LogP contribution in [0.4, 0.5) is 5.82 Å². The molecule has 0 atom stereocenters. The van der Waals surface area contributed by atoms with Crippen LogP contribution in [0, 0.1) is 11.3 Å². The zero-order valence-corrected chi connectivity index (χ0v) is 15.9. The molecule has 26 heavy (non-hydrogen) atoms. The van der Waals surface area contributed by atoms with Gasteiger partial charge in [0.05, 0.1) is 19.9 Å². The van der Waals surface area contributed by atoms with Crippen molar-refractivity contribution in [2.75, 3.05) is 20.0 Å². The number of nitrogen functional groups attached to an aromatic ring is 1. The number of anilines is 1. The summed E-state index contributed by atoms with van der Waals surface area (Å²) in [5.41, 5.74) is 9.29. The van der Waals surface area contributed by atoms with Crippen LogP contribution in [-0.2, 0) is 0 Å². The Kier molecular flexibility index (Phi) is 5.10. The zero-order valence-electron chi connectivity index (χ0n) is 14.3. The lowest BCUT2D eigenvalue weighted by Gasteiger charge is -2.15. The molecule has 0 radical (unpaired) electrons. The smallest absolute Gasteiger partial charge is 0.168 e. The van der Waals surface area contributed by atoms with Crippen molar-refractivity contribution in [2.45, 2.75) is 0 Å². The number of nitriles is 1. The minimum Gasteiger partial charge on any atom is -0.493 e. The normalized spacial score (nSPS) is 10.2. The molecule has 5 nitrogen and oxygen atoms in total. The van der Waals surface area contributed by atoms with Crippen molar-refractivity contribution in [3.8, 4) is 40.0 Å². The van der Waals surface area contributed by atoms with Crippen LogP contribution >= 0.6 is 15.9 Å². The van der Waals surface area contributed by atoms with Crippen molar-refractivity contribution in [1.82, 2.24) is 4.98 Å². The van der Waals surface area contributed by atoms with Crippen molar-refractivity contribution < 1.29 is 9.47 Å². The predicted molar refractivity (Wildman–Crippen MR) is 105 cm³/mol. The second-order valence-corrected chi connectivity index (χ2v) is 6.30. The van der Waals surface area contributed by atoms with Crippen molar-refractivity contribution in [1.29, 1.82) is 5.26 Å². The average molecular weight is 410 g/mol. The summed E-state index contributed by atoms with van der Waals surface area (Å²) in [6.07, 6.45) is 0. The zero-order chi connectivity index (χ0) is 18.7. The number of ether oxygens (including phenoxy) is 2. The van der Waals surface area contributed by atoms with Crippen molar-refractivity contribution in [2.24, 2.45) is 0 Å². The summed E-state index contributed by atoms with van der Waals surface area (Å²) in [5, 5.41) is 9.62. The van der Waals surface area contributed by atoms with Crippen LogP contribution in [0.15, 0.2) is 53.0 Å². The lowest BCUT2D eigenvalue weighted by molar-refractivity contribution is 0.356. The highest BCUT2D eigenvalue weighted by atomic mass is 79.9. The number of rotatable bonds is 4. The summed E-state index contributed by atoms with van der Waals surface area (Å²) < 4.78 is 11.8. The molecule has 0 saturated heterocycles. The van der Waals surface area contributed by atoms with Crippen molar-refractivity contribution in [3.05, 3.63) is 58.6 Å². The molecule has 130 valence electrons. The Morgan fingerprint density at radius 2 is 1.73 bits per heavy atom. The van der Waals surface area contributed by atoms with Crippen LogP contribution in [0.5, 0.6) is 11.5 Å². The number of aromatic nitrogens is 1. The summed E-state index contributed by atoms with van der Waals surface area (Å²) >= 11 is 3.53. The quantitative estimate of drug-likeness (QED) is 0.677. The number of hydrogen-bond donors (Lipinski definition) is 1. The van der Waals surface area contributed by atoms with Gasteiger partial charge < -0.3 is 15.2 Å². The Morgan fingerprint density at radius 3 is 2.38 bits per heavy atom. The molecule has 0 aliphatic rings. The Bertz CT molecular complexity index is 1010. The number of para-hydroxylation sites is 1. The van der Waals surface area contributed by atoms with Gasteiger partial charge in [-0.15, -0.1) is 0 Å². The number of halogens is 1. The standard InChI is InChI=1S/C20H16BrN3O2/c1-25-18-9-5-7-12(19(18)26-2)14-10-17(24-20(23)15(14)11-22)13-6-3-4-8-16(13)21/h3-10H,1-2H3,(H2,23,24). The molecule has 3 aromatic rings. The fraction of sp³-hybridized carbons (Fsp3) is 0.100. The minimum absolute atomic E-state index is 0.167. The van der Waals surface area contributed by atoms with Gasteiger partial charge in [-0.2, -0.15) is 5.26 Å². The van der Waals surface area contributed by atoms with Gasteiger partial charge in [0.15, 0.2) is 11.5 Å². The van der Waals surface area contributed by atoms with Gasteiger partial charge in [-0.05, 0) is 18.2 Å². The van der Waals surface area contributed by atoms with Gasteiger partial charge in [0.2, 0.25) is 0 Å². The Morgan fingerprint density at radius 1 is 1.00 bits per heavy atom. The van der Waals surface area contributed by atoms with Crippen molar-refractivity contribution >= 4 is 21.7 Å². The van der Waals surface area contributed by atoms with Crippen LogP contribution in [0.3, 0.4) is 0 Å². The van der Waals surface area contributed by atoms with Crippen LogP contribution in [0.1, 0.15) is 5.56 Å². The number of benzene rings is 2. The molecular weight excluding hydrogens is 394 g/mol. The fourth-order valence-electron chi connectivity index (χ4n) is 2.80. The molecule has 1 heterocycles. The number of hydrogen-bond acceptors (Lipinski definition) is 5. The van der Waals surface area contributed by atoms with E-state index in [2.05, 4.69) is 27.0 Å². The maximum absolute atomic E-state index is 9.62. The van der Waals surface area contributed by atoms with E-state index in [1.54, 1.807) is 20.3 Å². The van der Waals surface area contributed by atoms with Gasteiger partial charge in [0.25, 0.3) is 0 Å². The first-order valence-corrected chi connectivity index (χ1v) is 8.56. The van der Waals surface area contributed by atoms with Crippen LogP contribution in [0.2, 0.25) is 0 Å². The van der Waals surface area contributed by atoms with Gasteiger partial charge in [-0.25, -0.2) is 4.98 Å². The summed E-state index contributed by atoms with van der Waals surface area (Å²) in [6, 6.07) is 17.2. The second-order valence-electron chi connectivity index (χ2n) is 5.45. The van der Waals surface area contributed by atoms with E-state index in [0.717, 1.165) is 10.0 Å². The molecule has 1 aromatic heterocycles. The lowest BCUT2D eigenvalue weighted by atomic mass is 9.97. The summed E-state index contributed by atoms with van der Waals surface area (Å²) in [6.45, 7) is 0. The Labute approximate surface area is 160 Å². The third kappa shape index (κ3) is 3.09. The van der Waals surface area contributed by atoms with E-state index in [0.29, 0.717) is 33.9 Å². The first kappa shape index (κ1) is 17.8. The monoisotopic (exact) mass is 409 g/mol. The number of nitrogens with zero attached hydrogens (tertiary/aromatic N) is 2. The largest absolute Gasteiger partial charge is 0.493 e. The van der Waals surface area contributed by atoms with E-state index in [9.17, 15) is 5.26 Å². The topological polar surface area (TPSA) is 81.2 Å². The molecule has 6 heteroatoms. The second kappa shape index (κ2) is 7.46. The molecule has 0 unspecified atom stereocenters. The van der Waals surface area contributed by atoms with E-state index in [4.69, 9.17) is 15.2 Å². The van der Waals surface area contributed by atoms with E-state index >= 15 is 0 Å². The molecule has 0 aliphatic heterocycles. The molecule has 2 aromatic carbocycles. The molecule has 0 amide bonds. The predicted octanol–water partition coefficient (Wildman–Crippen LogP) is 4.65. The number of nitrogens with two attached hydrogens (primary N) is 1. The maximum atomic E-state index is 9.62. The summed E-state index contributed by atoms with van der Waals surface area (Å²) in [4.78, 5) is 4.41. The van der Waals surface area contributed by atoms with Gasteiger partial charge in [-0.1, -0.05) is 46.3 Å². The minimum atomic E-state index is 0.167. The molecular formula is C20H16BrN3O2. The number of pyridine rings is 1. The van der Waals surface area contributed by atoms with E-state index < -0.39 is 0 Å². The first-order valence-electron chi connectivity index (χ1n) is 7.77. The fourth-order valence-corrected chi connectivity index (χ4v) is 3.29. The molecule has 0 spiro atoms. The summed E-state index contributed by atoms with van der Waals surface area (Å²) in [7, 11) is 3.13. The highest BCUT2D eigenvalue weighted by Crippen LogP contribution is 2.41. The third-order valence-corrected chi connectivity index (χ3v) is 4.69. The maximum Gasteiger partial charge on any atom is 0.168 e. The average Bonchev–Trinajstić information content (AvgIpc) is 2.66. The van der Waals surface area contributed by atoms with Crippen LogP contribution < -0.4 is 15.2 Å². The molecule has 0 saturated carbocycles. The highest BCUT2D eigenvalue weighted by Gasteiger charge is 2.19. The third-order valence-electron chi connectivity index (χ3n) is 4.00. The van der Waals surface area contributed by atoms with Crippen LogP contribution in [0.25, 0.3) is 22.4 Å². The van der Waals surface area contributed by atoms with Gasteiger partial charge >= 0.3 is 0 Å². The molecule has 2 N–H and O–H groups in total. The lowest BCUT2D eigenvalue weighted by Crippen LogP contribution is -2.01. The molecule has 0 bridgehead atoms. The van der Waals surface area contributed by atoms with Gasteiger partial charge in [0, 0.05) is 21.2 Å². The van der Waals surface area contributed by atoms with E-state index in [1.165, 1.54) is 0 Å². The summed E-state index contributed by atoms with van der Waals surface area (Å²) in [5.74, 6) is 1.28. The molecule has 0 fully saturated rings. The molecule has 0 aliphatic carbocycles.